The van der Waals surface area contributed by atoms with E-state index in [-0.39, 0.29) is 46.0 Å². The molecule has 2 aromatic carbocycles. The van der Waals surface area contributed by atoms with Gasteiger partial charge in [0.25, 0.3) is 17.7 Å². The predicted molar refractivity (Wildman–Crippen MR) is 105 cm³/mol. The molecule has 3 amide bonds. The Morgan fingerprint density at radius 2 is 1.43 bits per heavy atom. The van der Waals surface area contributed by atoms with Crippen molar-refractivity contribution in [3.05, 3.63) is 64.2 Å². The van der Waals surface area contributed by atoms with Gasteiger partial charge in [0.2, 0.25) is 0 Å². The Labute approximate surface area is 170 Å². The Morgan fingerprint density at radius 3 is 1.97 bits per heavy atom. The number of carbonyl (C=O) groups is 5. The van der Waals surface area contributed by atoms with Gasteiger partial charge in [0.05, 0.1) is 22.3 Å². The molecule has 1 aliphatic heterocycles. The average molecular weight is 410 g/mol. The van der Waals surface area contributed by atoms with Crippen LogP contribution in [0.2, 0.25) is 0 Å². The highest BCUT2D eigenvalue weighted by Crippen LogP contribution is 2.25. The van der Waals surface area contributed by atoms with Crippen LogP contribution in [0.25, 0.3) is 0 Å². The molecule has 0 saturated heterocycles. The van der Waals surface area contributed by atoms with Crippen molar-refractivity contribution >= 4 is 35.3 Å². The van der Waals surface area contributed by atoms with Gasteiger partial charge in [0, 0.05) is 17.8 Å². The number of carbonyl (C=O) groups excluding carboxylic acids is 3. The van der Waals surface area contributed by atoms with Crippen molar-refractivity contribution in [2.75, 3.05) is 11.9 Å². The standard InChI is InChI=1S/C21H18N2O7/c1-10(2)9-23-18(25)15-4-3-11(8-16(15)19(23)26)17(24)22-14-6-12(20(27)28)5-13(7-14)21(29)30/h3-8,10H,9H2,1-2H3,(H,22,24)(H,27,28)(H,29,30). The van der Waals surface area contributed by atoms with Gasteiger partial charge in [-0.25, -0.2) is 9.59 Å². The van der Waals surface area contributed by atoms with Crippen molar-refractivity contribution in [3.8, 4) is 0 Å². The van der Waals surface area contributed by atoms with Gasteiger partial charge < -0.3 is 15.5 Å². The summed E-state index contributed by atoms with van der Waals surface area (Å²) in [5.41, 5.74) is -0.244. The minimum absolute atomic E-state index is 0.0263. The van der Waals surface area contributed by atoms with E-state index in [2.05, 4.69) is 5.32 Å². The largest absolute Gasteiger partial charge is 0.478 e. The zero-order valence-corrected chi connectivity index (χ0v) is 16.1. The van der Waals surface area contributed by atoms with Crippen LogP contribution in [0.4, 0.5) is 5.69 Å². The van der Waals surface area contributed by atoms with Crippen molar-refractivity contribution in [2.45, 2.75) is 13.8 Å². The topological polar surface area (TPSA) is 141 Å². The summed E-state index contributed by atoms with van der Waals surface area (Å²) in [5, 5.41) is 20.7. The Hall–Kier alpha value is -4.01. The number of fused-ring (bicyclic) bond motifs is 1. The number of carboxylic acid groups (broad SMARTS) is 2. The summed E-state index contributed by atoms with van der Waals surface area (Å²) in [6.07, 6.45) is 0. The van der Waals surface area contributed by atoms with E-state index in [1.165, 1.54) is 18.2 Å². The molecule has 30 heavy (non-hydrogen) atoms. The fraction of sp³-hybridized carbons (Fsp3) is 0.190. The Morgan fingerprint density at radius 1 is 0.867 bits per heavy atom. The molecule has 0 radical (unpaired) electrons. The molecule has 1 aliphatic rings. The van der Waals surface area contributed by atoms with Gasteiger partial charge in [-0.2, -0.15) is 0 Å². The van der Waals surface area contributed by atoms with Crippen LogP contribution in [0.5, 0.6) is 0 Å². The molecule has 0 bridgehead atoms. The van der Waals surface area contributed by atoms with Gasteiger partial charge in [-0.05, 0) is 42.3 Å². The lowest BCUT2D eigenvalue weighted by molar-refractivity contribution is 0.0631. The van der Waals surface area contributed by atoms with Crippen LogP contribution in [-0.2, 0) is 0 Å². The van der Waals surface area contributed by atoms with E-state index in [1.54, 1.807) is 0 Å². The second-order valence-corrected chi connectivity index (χ2v) is 7.24. The first-order valence-corrected chi connectivity index (χ1v) is 9.01. The number of nitrogens with one attached hydrogen (secondary N) is 1. The molecule has 0 aromatic heterocycles. The number of nitrogens with zero attached hydrogens (tertiary/aromatic N) is 1. The maximum Gasteiger partial charge on any atom is 0.335 e. The highest BCUT2D eigenvalue weighted by atomic mass is 16.4. The zero-order valence-electron chi connectivity index (χ0n) is 16.1. The average Bonchev–Trinajstić information content (AvgIpc) is 2.91. The normalized spacial score (nSPS) is 12.8. The molecule has 2 aromatic rings. The van der Waals surface area contributed by atoms with E-state index < -0.39 is 29.7 Å². The number of carboxylic acids is 2. The fourth-order valence-electron chi connectivity index (χ4n) is 3.11. The van der Waals surface area contributed by atoms with E-state index in [0.717, 1.165) is 23.1 Å². The molecule has 3 N–H and O–H groups in total. The lowest BCUT2D eigenvalue weighted by atomic mass is 10.0. The summed E-state index contributed by atoms with van der Waals surface area (Å²) in [5.74, 6) is -4.20. The second kappa shape index (κ2) is 7.78. The molecule has 1 heterocycles. The molecule has 0 atom stereocenters. The van der Waals surface area contributed by atoms with E-state index >= 15 is 0 Å². The number of benzene rings is 2. The predicted octanol–water partition coefficient (Wildman–Crippen LogP) is 2.59. The lowest BCUT2D eigenvalue weighted by Gasteiger charge is -2.15. The smallest absolute Gasteiger partial charge is 0.335 e. The Bertz CT molecular complexity index is 1070. The number of hydrogen-bond acceptors (Lipinski definition) is 5. The van der Waals surface area contributed by atoms with E-state index in [1.807, 2.05) is 13.8 Å². The Kier molecular flexibility index (Phi) is 5.37. The van der Waals surface area contributed by atoms with Crippen LogP contribution < -0.4 is 5.32 Å². The van der Waals surface area contributed by atoms with Crippen molar-refractivity contribution in [1.82, 2.24) is 4.90 Å². The van der Waals surface area contributed by atoms with Gasteiger partial charge in [-0.15, -0.1) is 0 Å². The number of anilines is 1. The molecule has 9 nitrogen and oxygen atoms in total. The Balaban J connectivity index is 1.89. The molecular weight excluding hydrogens is 392 g/mol. The summed E-state index contributed by atoms with van der Waals surface area (Å²) >= 11 is 0. The van der Waals surface area contributed by atoms with Crippen molar-refractivity contribution in [1.29, 1.82) is 0 Å². The maximum absolute atomic E-state index is 12.6. The highest BCUT2D eigenvalue weighted by molar-refractivity contribution is 6.22. The van der Waals surface area contributed by atoms with Crippen LogP contribution >= 0.6 is 0 Å². The number of imide groups is 1. The van der Waals surface area contributed by atoms with Gasteiger partial charge in [-0.3, -0.25) is 19.3 Å². The molecule has 0 spiro atoms. The third-order valence-corrected chi connectivity index (χ3v) is 4.47. The fourth-order valence-corrected chi connectivity index (χ4v) is 3.11. The van der Waals surface area contributed by atoms with Crippen LogP contribution in [0, 0.1) is 5.92 Å². The lowest BCUT2D eigenvalue weighted by Crippen LogP contribution is -2.33. The molecule has 0 saturated carbocycles. The monoisotopic (exact) mass is 410 g/mol. The second-order valence-electron chi connectivity index (χ2n) is 7.24. The first kappa shape index (κ1) is 20.7. The van der Waals surface area contributed by atoms with Gasteiger partial charge in [0.15, 0.2) is 0 Å². The van der Waals surface area contributed by atoms with Crippen LogP contribution in [0.1, 0.15) is 65.6 Å². The quantitative estimate of drug-likeness (QED) is 0.622. The summed E-state index contributed by atoms with van der Waals surface area (Å²) in [6, 6.07) is 7.28. The minimum Gasteiger partial charge on any atom is -0.478 e. The molecule has 3 rings (SSSR count). The molecule has 9 heteroatoms. The van der Waals surface area contributed by atoms with E-state index in [0.29, 0.717) is 0 Å². The van der Waals surface area contributed by atoms with E-state index in [9.17, 15) is 24.0 Å². The summed E-state index contributed by atoms with van der Waals surface area (Å²) in [4.78, 5) is 61.1. The first-order valence-electron chi connectivity index (χ1n) is 9.01. The summed E-state index contributed by atoms with van der Waals surface area (Å²) in [6.45, 7) is 4.01. The molecular formula is C21H18N2O7. The van der Waals surface area contributed by atoms with Gasteiger partial charge >= 0.3 is 11.9 Å². The molecule has 0 fully saturated rings. The molecule has 0 aliphatic carbocycles. The first-order chi connectivity index (χ1) is 14.1. The third kappa shape index (κ3) is 3.90. The van der Waals surface area contributed by atoms with Crippen LogP contribution in [0.15, 0.2) is 36.4 Å². The summed E-state index contributed by atoms with van der Waals surface area (Å²) in [7, 11) is 0. The maximum atomic E-state index is 12.6. The summed E-state index contributed by atoms with van der Waals surface area (Å²) < 4.78 is 0. The highest BCUT2D eigenvalue weighted by Gasteiger charge is 2.36. The van der Waals surface area contributed by atoms with Crippen molar-refractivity contribution < 1.29 is 34.2 Å². The number of aromatic carboxylic acids is 2. The van der Waals surface area contributed by atoms with Crippen LogP contribution in [-0.4, -0.2) is 51.3 Å². The van der Waals surface area contributed by atoms with Crippen molar-refractivity contribution in [3.63, 3.8) is 0 Å². The molecule has 154 valence electrons. The van der Waals surface area contributed by atoms with Gasteiger partial charge in [0.1, 0.15) is 0 Å². The number of hydrogen-bond donors (Lipinski definition) is 3. The van der Waals surface area contributed by atoms with E-state index in [4.69, 9.17) is 10.2 Å². The molecule has 0 unspecified atom stereocenters. The van der Waals surface area contributed by atoms with Crippen molar-refractivity contribution in [2.24, 2.45) is 5.92 Å². The SMILES string of the molecule is CC(C)CN1C(=O)c2ccc(C(=O)Nc3cc(C(=O)O)cc(C(=O)O)c3)cc2C1=O. The zero-order chi connectivity index (χ0) is 22.2. The van der Waals surface area contributed by atoms with Gasteiger partial charge in [-0.1, -0.05) is 13.8 Å². The number of amides is 3. The third-order valence-electron chi connectivity index (χ3n) is 4.47. The minimum atomic E-state index is -1.35. The van der Waals surface area contributed by atoms with Crippen LogP contribution in [0.3, 0.4) is 0 Å². The number of rotatable bonds is 6.